The highest BCUT2D eigenvalue weighted by Crippen LogP contribution is 2.22. The van der Waals surface area contributed by atoms with Gasteiger partial charge in [0.05, 0.1) is 23.0 Å². The molecule has 1 aromatic rings. The summed E-state index contributed by atoms with van der Waals surface area (Å²) in [6.07, 6.45) is 6.56. The van der Waals surface area contributed by atoms with E-state index in [1.54, 1.807) is 11.1 Å². The minimum atomic E-state index is -0.714. The highest BCUT2D eigenvalue weighted by atomic mass is 127. The van der Waals surface area contributed by atoms with Crippen molar-refractivity contribution in [1.29, 1.82) is 0 Å². The number of imidazole rings is 1. The molecule has 0 radical (unpaired) electrons. The fourth-order valence-corrected chi connectivity index (χ4v) is 2.75. The number of ether oxygens (including phenoxy) is 1. The summed E-state index contributed by atoms with van der Waals surface area (Å²) in [6.45, 7) is 7.84. The third-order valence-electron chi connectivity index (χ3n) is 3.86. The van der Waals surface area contributed by atoms with Gasteiger partial charge in [0.15, 0.2) is 0 Å². The lowest BCUT2D eigenvalue weighted by molar-refractivity contribution is -0.137. The van der Waals surface area contributed by atoms with Crippen LogP contribution < -0.4 is 5.32 Å². The lowest BCUT2D eigenvalue weighted by atomic mass is 10.0. The van der Waals surface area contributed by atoms with Crippen molar-refractivity contribution in [3.05, 3.63) is 15.7 Å². The molecule has 0 saturated carbocycles. The van der Waals surface area contributed by atoms with Crippen LogP contribution in [0.1, 0.15) is 39.6 Å². The number of H-pyrrole nitrogens is 1. The van der Waals surface area contributed by atoms with Crippen LogP contribution in [0.4, 0.5) is 4.79 Å². The van der Waals surface area contributed by atoms with E-state index in [0.717, 1.165) is 3.70 Å². The number of alkyl carbamates (subject to hydrolysis) is 1. The van der Waals surface area contributed by atoms with Gasteiger partial charge in [-0.1, -0.05) is 13.8 Å². The highest BCUT2D eigenvalue weighted by Gasteiger charge is 2.33. The summed E-state index contributed by atoms with van der Waals surface area (Å²) in [6, 6.07) is -1.03. The maximum Gasteiger partial charge on any atom is 0.407 e. The predicted octanol–water partition coefficient (Wildman–Crippen LogP) is 2.55. The Kier molecular flexibility index (Phi) is 8.22. The average molecular weight is 460 g/mol. The lowest BCUT2D eigenvalue weighted by Crippen LogP contribution is -2.52. The van der Waals surface area contributed by atoms with Gasteiger partial charge >= 0.3 is 6.09 Å². The van der Waals surface area contributed by atoms with Crippen molar-refractivity contribution in [3.8, 4) is 12.3 Å². The van der Waals surface area contributed by atoms with E-state index in [2.05, 4.69) is 48.5 Å². The largest absolute Gasteiger partial charge is 0.453 e. The molecule has 0 aliphatic carbocycles. The summed E-state index contributed by atoms with van der Waals surface area (Å²) in [7, 11) is 1.27. The van der Waals surface area contributed by atoms with Gasteiger partial charge in [-0.05, 0) is 42.4 Å². The van der Waals surface area contributed by atoms with Gasteiger partial charge in [0.1, 0.15) is 11.9 Å². The van der Waals surface area contributed by atoms with Gasteiger partial charge in [-0.15, -0.1) is 12.3 Å². The van der Waals surface area contributed by atoms with Crippen molar-refractivity contribution in [1.82, 2.24) is 20.2 Å². The first-order chi connectivity index (χ1) is 11.7. The Labute approximate surface area is 162 Å². The number of terminal acetylenes is 1. The second kappa shape index (κ2) is 9.65. The Bertz CT molecular complexity index is 638. The molecule has 0 aliphatic heterocycles. The molecular formula is C17H25IN4O3. The number of nitrogens with one attached hydrogen (secondary N) is 2. The first-order valence-electron chi connectivity index (χ1n) is 8.02. The van der Waals surface area contributed by atoms with E-state index in [0.29, 0.717) is 12.4 Å². The molecule has 0 fully saturated rings. The number of aromatic nitrogens is 2. The molecule has 2 amide bonds. The third-order valence-corrected chi connectivity index (χ3v) is 4.41. The Hall–Kier alpha value is -1.76. The molecule has 25 heavy (non-hydrogen) atoms. The van der Waals surface area contributed by atoms with Gasteiger partial charge in [0.2, 0.25) is 5.91 Å². The van der Waals surface area contributed by atoms with Crippen LogP contribution in [-0.2, 0) is 9.53 Å². The first kappa shape index (κ1) is 21.3. The van der Waals surface area contributed by atoms with E-state index < -0.39 is 12.1 Å². The summed E-state index contributed by atoms with van der Waals surface area (Å²) in [4.78, 5) is 33.9. The number of carbonyl (C=O) groups excluding carboxylic acids is 2. The zero-order valence-corrected chi connectivity index (χ0v) is 17.3. The second-order valence-corrected chi connectivity index (χ2v) is 7.37. The number of halogens is 1. The molecule has 138 valence electrons. The summed E-state index contributed by atoms with van der Waals surface area (Å²) < 4.78 is 5.52. The third kappa shape index (κ3) is 5.92. The average Bonchev–Trinajstić information content (AvgIpc) is 3.01. The normalized spacial score (nSPS) is 14.3. The van der Waals surface area contributed by atoms with Gasteiger partial charge in [0, 0.05) is 12.5 Å². The SMILES string of the molecule is C#C[C@@H](C)CN(C(=O)[C@@H](NC(=O)OC)C(C)C)[C@@H](C)c1ncc(I)[nH]1. The fraction of sp³-hybridized carbons (Fsp3) is 0.588. The fourth-order valence-electron chi connectivity index (χ4n) is 2.34. The monoisotopic (exact) mass is 460 g/mol. The summed E-state index contributed by atoms with van der Waals surface area (Å²) >= 11 is 2.13. The molecule has 1 heterocycles. The van der Waals surface area contributed by atoms with Crippen molar-refractivity contribution < 1.29 is 14.3 Å². The van der Waals surface area contributed by atoms with Gasteiger partial charge in [-0.3, -0.25) is 4.79 Å². The minimum absolute atomic E-state index is 0.112. The molecule has 0 saturated heterocycles. The van der Waals surface area contributed by atoms with E-state index >= 15 is 0 Å². The number of amides is 2. The number of hydrogen-bond acceptors (Lipinski definition) is 4. The molecule has 0 spiro atoms. The van der Waals surface area contributed by atoms with Crippen molar-refractivity contribution in [3.63, 3.8) is 0 Å². The van der Waals surface area contributed by atoms with Crippen molar-refractivity contribution >= 4 is 34.6 Å². The van der Waals surface area contributed by atoms with Crippen LogP contribution in [0.25, 0.3) is 0 Å². The summed E-state index contributed by atoms with van der Waals surface area (Å²) in [5, 5.41) is 2.61. The van der Waals surface area contributed by atoms with E-state index in [-0.39, 0.29) is 23.8 Å². The van der Waals surface area contributed by atoms with Crippen LogP contribution in [0.3, 0.4) is 0 Å². The summed E-state index contributed by atoms with van der Waals surface area (Å²) in [5.41, 5.74) is 0. The van der Waals surface area contributed by atoms with E-state index in [1.165, 1.54) is 7.11 Å². The van der Waals surface area contributed by atoms with Crippen LogP contribution in [0, 0.1) is 27.9 Å². The molecule has 0 bridgehead atoms. The minimum Gasteiger partial charge on any atom is -0.453 e. The standard InChI is InChI=1S/C17H25IN4O3/c1-7-11(4)9-22(12(5)15-19-8-13(18)20-15)16(23)14(10(2)3)21-17(24)25-6/h1,8,10-12,14H,9H2,2-6H3,(H,19,20)(H,21,24)/t11-,12+,14+/m1/s1. The second-order valence-electron chi connectivity index (χ2n) is 6.21. The zero-order valence-electron chi connectivity index (χ0n) is 15.2. The molecule has 1 rings (SSSR count). The molecule has 0 unspecified atom stereocenters. The van der Waals surface area contributed by atoms with Crippen molar-refractivity contribution in [2.45, 2.75) is 39.8 Å². The Balaban J connectivity index is 3.13. The van der Waals surface area contributed by atoms with Crippen LogP contribution in [0.15, 0.2) is 6.20 Å². The highest BCUT2D eigenvalue weighted by molar-refractivity contribution is 14.1. The van der Waals surface area contributed by atoms with Gasteiger partial charge in [-0.25, -0.2) is 9.78 Å². The van der Waals surface area contributed by atoms with Gasteiger partial charge in [-0.2, -0.15) is 0 Å². The molecule has 8 heteroatoms. The molecule has 0 aromatic carbocycles. The molecule has 0 aliphatic rings. The van der Waals surface area contributed by atoms with E-state index in [4.69, 9.17) is 6.42 Å². The quantitative estimate of drug-likeness (QED) is 0.484. The molecule has 2 N–H and O–H groups in total. The number of aromatic amines is 1. The number of hydrogen-bond donors (Lipinski definition) is 2. The number of methoxy groups -OCH3 is 1. The number of nitrogens with zero attached hydrogens (tertiary/aromatic N) is 2. The Morgan fingerprint density at radius 3 is 2.52 bits per heavy atom. The Morgan fingerprint density at radius 2 is 2.08 bits per heavy atom. The molecule has 3 atom stereocenters. The van der Waals surface area contributed by atoms with E-state index in [1.807, 2.05) is 27.7 Å². The molecule has 1 aromatic heterocycles. The topological polar surface area (TPSA) is 87.3 Å². The lowest BCUT2D eigenvalue weighted by Gasteiger charge is -2.34. The van der Waals surface area contributed by atoms with Crippen molar-refractivity contribution in [2.24, 2.45) is 11.8 Å². The smallest absolute Gasteiger partial charge is 0.407 e. The van der Waals surface area contributed by atoms with Crippen LogP contribution in [0.5, 0.6) is 0 Å². The predicted molar refractivity (Wildman–Crippen MR) is 104 cm³/mol. The van der Waals surface area contributed by atoms with Gasteiger partial charge in [0.25, 0.3) is 0 Å². The summed E-state index contributed by atoms with van der Waals surface area (Å²) in [5.74, 6) is 2.85. The van der Waals surface area contributed by atoms with Crippen molar-refractivity contribution in [2.75, 3.05) is 13.7 Å². The first-order valence-corrected chi connectivity index (χ1v) is 9.10. The maximum atomic E-state index is 13.2. The Morgan fingerprint density at radius 1 is 1.44 bits per heavy atom. The van der Waals surface area contributed by atoms with Gasteiger partial charge < -0.3 is 19.9 Å². The van der Waals surface area contributed by atoms with Crippen LogP contribution in [0.2, 0.25) is 0 Å². The number of carbonyl (C=O) groups is 2. The van der Waals surface area contributed by atoms with E-state index in [9.17, 15) is 9.59 Å². The number of rotatable bonds is 7. The van der Waals surface area contributed by atoms with Crippen LogP contribution >= 0.6 is 22.6 Å². The van der Waals surface area contributed by atoms with Crippen LogP contribution in [-0.4, -0.2) is 46.6 Å². The maximum absolute atomic E-state index is 13.2. The molecular weight excluding hydrogens is 435 g/mol. The molecule has 7 nitrogen and oxygen atoms in total. The zero-order chi connectivity index (χ0) is 19.1.